The van der Waals surface area contributed by atoms with Gasteiger partial charge in [0.2, 0.25) is 0 Å². The van der Waals surface area contributed by atoms with Gasteiger partial charge in [-0.25, -0.2) is 0 Å². The van der Waals surface area contributed by atoms with Crippen molar-refractivity contribution < 1.29 is 4.79 Å². The van der Waals surface area contributed by atoms with E-state index in [1.165, 1.54) is 37.2 Å². The second kappa shape index (κ2) is 5.83. The Labute approximate surface area is 122 Å². The average molecular weight is 290 g/mol. The molecule has 0 N–H and O–H groups in total. The van der Waals surface area contributed by atoms with Crippen LogP contribution in [0.3, 0.4) is 0 Å². The van der Waals surface area contributed by atoms with Crippen molar-refractivity contribution in [1.82, 2.24) is 19.4 Å². The van der Waals surface area contributed by atoms with Crippen LogP contribution in [0.25, 0.3) is 0 Å². The highest BCUT2D eigenvalue weighted by Gasteiger charge is 2.20. The van der Waals surface area contributed by atoms with E-state index in [1.807, 2.05) is 23.9 Å². The molecule has 0 amide bonds. The number of Topliss-reactive ketones (excluding diaryl/α,β-unsaturated/α-hetero) is 1. The lowest BCUT2D eigenvalue weighted by atomic mass is 10.1. The summed E-state index contributed by atoms with van der Waals surface area (Å²) in [6, 6.07) is 2.48. The fraction of sp³-hybridized carbons (Fsp3) is 0.571. The Morgan fingerprint density at radius 1 is 1.45 bits per heavy atom. The molecular weight excluding hydrogens is 272 g/mol. The van der Waals surface area contributed by atoms with Gasteiger partial charge >= 0.3 is 0 Å². The number of aromatic nitrogens is 4. The molecule has 0 saturated heterocycles. The lowest BCUT2D eigenvalue weighted by Crippen LogP contribution is -2.08. The van der Waals surface area contributed by atoms with Crippen molar-refractivity contribution in [2.24, 2.45) is 0 Å². The molecule has 0 aromatic carbocycles. The van der Waals surface area contributed by atoms with E-state index in [9.17, 15) is 4.79 Å². The van der Waals surface area contributed by atoms with E-state index in [4.69, 9.17) is 0 Å². The second-order valence-corrected chi connectivity index (χ2v) is 5.98. The van der Waals surface area contributed by atoms with E-state index in [1.54, 1.807) is 0 Å². The fourth-order valence-electron chi connectivity index (χ4n) is 2.74. The minimum atomic E-state index is 0.0773. The lowest BCUT2D eigenvalue weighted by Gasteiger charge is -2.08. The maximum atomic E-state index is 12.3. The zero-order valence-electron chi connectivity index (χ0n) is 11.6. The summed E-state index contributed by atoms with van der Waals surface area (Å²) in [5.74, 6) is 0.0773. The summed E-state index contributed by atoms with van der Waals surface area (Å²) in [6.07, 6.45) is 8.06. The first-order valence-electron chi connectivity index (χ1n) is 7.16. The normalized spacial score (nSPS) is 15.8. The van der Waals surface area contributed by atoms with Crippen LogP contribution in [-0.4, -0.2) is 25.2 Å². The van der Waals surface area contributed by atoms with Crippen LogP contribution in [-0.2, 0) is 12.8 Å². The van der Waals surface area contributed by atoms with Crippen molar-refractivity contribution in [2.45, 2.75) is 51.5 Å². The molecular formula is C14H18N4OS. The van der Waals surface area contributed by atoms with Crippen LogP contribution in [0.1, 0.15) is 59.7 Å². The molecule has 3 rings (SSSR count). The highest BCUT2D eigenvalue weighted by Crippen LogP contribution is 2.28. The molecule has 2 heterocycles. The third-order valence-electron chi connectivity index (χ3n) is 3.85. The molecule has 2 aromatic rings. The molecule has 0 bridgehead atoms. The predicted octanol–water partition coefficient (Wildman–Crippen LogP) is 2.84. The van der Waals surface area contributed by atoms with E-state index in [2.05, 4.69) is 14.7 Å². The topological polar surface area (TPSA) is 60.7 Å². The Morgan fingerprint density at radius 3 is 3.00 bits per heavy atom. The molecule has 0 radical (unpaired) electrons. The Morgan fingerprint density at radius 2 is 2.25 bits per heavy atom. The molecule has 6 heteroatoms. The van der Waals surface area contributed by atoms with Gasteiger partial charge in [0.1, 0.15) is 4.88 Å². The van der Waals surface area contributed by atoms with Crippen LogP contribution in [0.2, 0.25) is 0 Å². The van der Waals surface area contributed by atoms with Gasteiger partial charge in [0.05, 0.1) is 23.9 Å². The minimum Gasteiger partial charge on any atom is -0.293 e. The standard InChI is InChI=1S/C14H18N4OS/c1-2-12-14(20-17-15-12)13(19)9-10-7-8-18(16-10)11-5-3-4-6-11/h7-8,11H,2-6,9H2,1H3. The Hall–Kier alpha value is -1.56. The van der Waals surface area contributed by atoms with Gasteiger partial charge in [-0.1, -0.05) is 24.3 Å². The third kappa shape index (κ3) is 2.65. The molecule has 0 unspecified atom stereocenters. The summed E-state index contributed by atoms with van der Waals surface area (Å²) in [6.45, 7) is 1.99. The molecule has 0 atom stereocenters. The summed E-state index contributed by atoms with van der Waals surface area (Å²) in [7, 11) is 0. The quantitative estimate of drug-likeness (QED) is 0.794. The van der Waals surface area contributed by atoms with E-state index in [0.29, 0.717) is 17.3 Å². The summed E-state index contributed by atoms with van der Waals surface area (Å²) < 4.78 is 5.90. The number of hydrogen-bond donors (Lipinski definition) is 0. The lowest BCUT2D eigenvalue weighted by molar-refractivity contribution is 0.0994. The average Bonchev–Trinajstić information content (AvgIpc) is 3.19. The number of aryl methyl sites for hydroxylation is 1. The van der Waals surface area contributed by atoms with Crippen LogP contribution in [0.15, 0.2) is 12.3 Å². The van der Waals surface area contributed by atoms with E-state index >= 15 is 0 Å². The number of ketones is 1. The minimum absolute atomic E-state index is 0.0773. The molecule has 2 aromatic heterocycles. The predicted molar refractivity (Wildman–Crippen MR) is 77.1 cm³/mol. The Bertz CT molecular complexity index is 598. The number of carbonyl (C=O) groups excluding carboxylic acids is 1. The van der Waals surface area contributed by atoms with Crippen molar-refractivity contribution in [3.8, 4) is 0 Å². The summed E-state index contributed by atoms with van der Waals surface area (Å²) in [4.78, 5) is 12.9. The van der Waals surface area contributed by atoms with Gasteiger partial charge in [-0.2, -0.15) is 5.10 Å². The van der Waals surface area contributed by atoms with E-state index < -0.39 is 0 Å². The van der Waals surface area contributed by atoms with Crippen molar-refractivity contribution in [3.63, 3.8) is 0 Å². The van der Waals surface area contributed by atoms with Crippen molar-refractivity contribution in [1.29, 1.82) is 0 Å². The fourth-order valence-corrected chi connectivity index (χ4v) is 3.43. The van der Waals surface area contributed by atoms with Crippen molar-refractivity contribution in [2.75, 3.05) is 0 Å². The van der Waals surface area contributed by atoms with Gasteiger partial charge in [0.25, 0.3) is 0 Å². The largest absolute Gasteiger partial charge is 0.293 e. The molecule has 20 heavy (non-hydrogen) atoms. The maximum absolute atomic E-state index is 12.3. The molecule has 1 fully saturated rings. The molecule has 5 nitrogen and oxygen atoms in total. The third-order valence-corrected chi connectivity index (χ3v) is 4.66. The summed E-state index contributed by atoms with van der Waals surface area (Å²) in [5, 5.41) is 8.54. The van der Waals surface area contributed by atoms with Gasteiger partial charge in [0.15, 0.2) is 5.78 Å². The van der Waals surface area contributed by atoms with Crippen LogP contribution in [0.4, 0.5) is 0 Å². The molecule has 1 saturated carbocycles. The SMILES string of the molecule is CCc1nnsc1C(=O)Cc1ccn(C2CCCC2)n1. The Balaban J connectivity index is 1.70. The number of carbonyl (C=O) groups is 1. The van der Waals surface area contributed by atoms with Gasteiger partial charge in [-0.05, 0) is 36.9 Å². The molecule has 0 aliphatic heterocycles. The van der Waals surface area contributed by atoms with Crippen LogP contribution in [0.5, 0.6) is 0 Å². The zero-order valence-corrected chi connectivity index (χ0v) is 12.4. The smallest absolute Gasteiger partial charge is 0.182 e. The first-order chi connectivity index (χ1) is 9.78. The van der Waals surface area contributed by atoms with Crippen molar-refractivity contribution in [3.05, 3.63) is 28.5 Å². The number of hydrogen-bond acceptors (Lipinski definition) is 5. The Kier molecular flexibility index (Phi) is 3.91. The number of nitrogens with zero attached hydrogens (tertiary/aromatic N) is 4. The first kappa shape index (κ1) is 13.4. The molecule has 0 spiro atoms. The maximum Gasteiger partial charge on any atom is 0.182 e. The molecule has 1 aliphatic carbocycles. The van der Waals surface area contributed by atoms with Gasteiger partial charge < -0.3 is 0 Å². The van der Waals surface area contributed by atoms with Crippen LogP contribution >= 0.6 is 11.5 Å². The van der Waals surface area contributed by atoms with Crippen LogP contribution < -0.4 is 0 Å². The van der Waals surface area contributed by atoms with Gasteiger partial charge in [-0.15, -0.1) is 5.10 Å². The highest BCUT2D eigenvalue weighted by atomic mass is 32.1. The van der Waals surface area contributed by atoms with Gasteiger partial charge in [-0.3, -0.25) is 9.48 Å². The zero-order chi connectivity index (χ0) is 13.9. The first-order valence-corrected chi connectivity index (χ1v) is 7.93. The summed E-state index contributed by atoms with van der Waals surface area (Å²) >= 11 is 1.19. The van der Waals surface area contributed by atoms with E-state index in [-0.39, 0.29) is 5.78 Å². The molecule has 1 aliphatic rings. The van der Waals surface area contributed by atoms with Gasteiger partial charge in [0, 0.05) is 6.20 Å². The second-order valence-electron chi connectivity index (χ2n) is 5.23. The molecule has 106 valence electrons. The van der Waals surface area contributed by atoms with E-state index in [0.717, 1.165) is 17.8 Å². The monoisotopic (exact) mass is 290 g/mol. The number of rotatable bonds is 5. The van der Waals surface area contributed by atoms with Crippen LogP contribution in [0, 0.1) is 0 Å². The van der Waals surface area contributed by atoms with Crippen molar-refractivity contribution >= 4 is 17.3 Å². The summed E-state index contributed by atoms with van der Waals surface area (Å²) in [5.41, 5.74) is 1.65. The highest BCUT2D eigenvalue weighted by molar-refractivity contribution is 7.08.